The van der Waals surface area contributed by atoms with Crippen molar-refractivity contribution >= 4 is 21.5 Å². The maximum absolute atomic E-state index is 5.19. The van der Waals surface area contributed by atoms with Crippen LogP contribution in [-0.2, 0) is 6.42 Å². The van der Waals surface area contributed by atoms with Crippen LogP contribution in [0.3, 0.4) is 0 Å². The fourth-order valence-corrected chi connectivity index (χ4v) is 6.79. The van der Waals surface area contributed by atoms with Crippen LogP contribution in [0, 0.1) is 0 Å². The quantitative estimate of drug-likeness (QED) is 0.122. The summed E-state index contributed by atoms with van der Waals surface area (Å²) in [5.41, 5.74) is 10.7. The first-order valence-corrected chi connectivity index (χ1v) is 17.0. The SMILES string of the molecule is C/C=C\C=C/Cc1c2ccccc2c(-c2cccc(-c3nc(-c4ccccc4)cc(-c4ccc(-c5cccnc5)cc4)n3)c2)c2ccccc12. The minimum Gasteiger partial charge on any atom is -0.264 e. The first-order valence-electron chi connectivity index (χ1n) is 17.0. The monoisotopic (exact) mass is 641 g/mol. The highest BCUT2D eigenvalue weighted by Crippen LogP contribution is 2.41. The third kappa shape index (κ3) is 6.13. The summed E-state index contributed by atoms with van der Waals surface area (Å²) in [6.45, 7) is 2.04. The molecule has 0 spiro atoms. The number of hydrogen-bond acceptors (Lipinski definition) is 3. The van der Waals surface area contributed by atoms with E-state index in [4.69, 9.17) is 9.97 Å². The number of fused-ring (bicyclic) bond motifs is 2. The lowest BCUT2D eigenvalue weighted by atomic mass is 9.87. The zero-order valence-electron chi connectivity index (χ0n) is 27.9. The molecule has 0 saturated heterocycles. The van der Waals surface area contributed by atoms with Crippen molar-refractivity contribution < 1.29 is 0 Å². The van der Waals surface area contributed by atoms with Crippen molar-refractivity contribution in [2.24, 2.45) is 0 Å². The first-order chi connectivity index (χ1) is 24.8. The predicted molar refractivity (Wildman–Crippen MR) is 210 cm³/mol. The van der Waals surface area contributed by atoms with E-state index < -0.39 is 0 Å². The molecule has 8 rings (SSSR count). The molecule has 8 aromatic rings. The van der Waals surface area contributed by atoms with Gasteiger partial charge in [0.05, 0.1) is 11.4 Å². The van der Waals surface area contributed by atoms with Gasteiger partial charge in [-0.15, -0.1) is 0 Å². The molecule has 0 N–H and O–H groups in total. The van der Waals surface area contributed by atoms with Crippen molar-refractivity contribution in [3.63, 3.8) is 0 Å². The van der Waals surface area contributed by atoms with E-state index in [1.54, 1.807) is 6.20 Å². The van der Waals surface area contributed by atoms with Crippen molar-refractivity contribution in [3.8, 4) is 56.2 Å². The third-order valence-electron chi connectivity index (χ3n) is 9.19. The molecule has 0 aliphatic carbocycles. The lowest BCUT2D eigenvalue weighted by molar-refractivity contribution is 1.18. The average molecular weight is 642 g/mol. The molecule has 0 amide bonds. The van der Waals surface area contributed by atoms with Gasteiger partial charge in [0, 0.05) is 29.1 Å². The molecule has 0 aliphatic heterocycles. The van der Waals surface area contributed by atoms with E-state index in [1.165, 1.54) is 32.7 Å². The van der Waals surface area contributed by atoms with Gasteiger partial charge in [-0.3, -0.25) is 4.98 Å². The van der Waals surface area contributed by atoms with Crippen LogP contribution in [0.1, 0.15) is 12.5 Å². The molecule has 0 bridgehead atoms. The molecule has 0 saturated carbocycles. The summed E-state index contributed by atoms with van der Waals surface area (Å²) in [5, 5.41) is 5.03. The lowest BCUT2D eigenvalue weighted by Crippen LogP contribution is -1.97. The second-order valence-electron chi connectivity index (χ2n) is 12.3. The summed E-state index contributed by atoms with van der Waals surface area (Å²) in [6, 6.07) is 51.3. The van der Waals surface area contributed by atoms with Crippen LogP contribution in [0.2, 0.25) is 0 Å². The van der Waals surface area contributed by atoms with Crippen LogP contribution in [-0.4, -0.2) is 15.0 Å². The van der Waals surface area contributed by atoms with Crippen molar-refractivity contribution in [1.82, 2.24) is 15.0 Å². The van der Waals surface area contributed by atoms with E-state index in [-0.39, 0.29) is 0 Å². The summed E-state index contributed by atoms with van der Waals surface area (Å²) in [7, 11) is 0. The first kappa shape index (κ1) is 30.9. The van der Waals surface area contributed by atoms with Gasteiger partial charge in [-0.05, 0) is 80.9 Å². The molecule has 0 aliphatic rings. The highest BCUT2D eigenvalue weighted by Gasteiger charge is 2.16. The molecule has 0 radical (unpaired) electrons. The van der Waals surface area contributed by atoms with Crippen LogP contribution in [0.5, 0.6) is 0 Å². The van der Waals surface area contributed by atoms with Crippen molar-refractivity contribution in [1.29, 1.82) is 0 Å². The third-order valence-corrected chi connectivity index (χ3v) is 9.19. The normalized spacial score (nSPS) is 11.6. The minimum atomic E-state index is 0.693. The Balaban J connectivity index is 1.27. The molecule has 2 aromatic heterocycles. The van der Waals surface area contributed by atoms with Crippen molar-refractivity contribution in [2.75, 3.05) is 0 Å². The standard InChI is InChI=1S/C47H35N3/c1-2-3-4-8-20-39-40-21-9-11-23-42(40)46(43-24-12-10-22-41(39)43)36-17-13-18-37(30-36)47-49-44(34-15-6-5-7-16-34)31-45(50-47)35-27-25-33(26-28-35)38-19-14-29-48-32-38/h2-19,21-32H,20H2,1H3/b3-2-,8-4-. The van der Waals surface area contributed by atoms with Gasteiger partial charge in [-0.25, -0.2) is 9.97 Å². The number of rotatable bonds is 8. The number of hydrogen-bond donors (Lipinski definition) is 0. The largest absolute Gasteiger partial charge is 0.264 e. The zero-order chi connectivity index (χ0) is 33.7. The maximum Gasteiger partial charge on any atom is 0.160 e. The van der Waals surface area contributed by atoms with E-state index >= 15 is 0 Å². The molecular formula is C47H35N3. The second kappa shape index (κ2) is 14.0. The van der Waals surface area contributed by atoms with Crippen LogP contribution in [0.15, 0.2) is 182 Å². The van der Waals surface area contributed by atoms with Gasteiger partial charge in [0.15, 0.2) is 5.82 Å². The van der Waals surface area contributed by atoms with Gasteiger partial charge in [-0.2, -0.15) is 0 Å². The fraction of sp³-hybridized carbons (Fsp3) is 0.0426. The van der Waals surface area contributed by atoms with Gasteiger partial charge in [0.2, 0.25) is 0 Å². The highest BCUT2D eigenvalue weighted by molar-refractivity contribution is 6.15. The number of allylic oxidation sites excluding steroid dienone is 4. The van der Waals surface area contributed by atoms with E-state index in [1.807, 2.05) is 25.3 Å². The molecule has 3 heteroatoms. The molecule has 50 heavy (non-hydrogen) atoms. The molecule has 6 aromatic carbocycles. The Morgan fingerprint density at radius 2 is 1.06 bits per heavy atom. The lowest BCUT2D eigenvalue weighted by Gasteiger charge is -2.17. The highest BCUT2D eigenvalue weighted by atomic mass is 14.9. The number of pyridine rings is 1. The van der Waals surface area contributed by atoms with E-state index in [9.17, 15) is 0 Å². The Hall–Kier alpha value is -6.45. The second-order valence-corrected chi connectivity index (χ2v) is 12.3. The van der Waals surface area contributed by atoms with Gasteiger partial charge >= 0.3 is 0 Å². The number of nitrogens with zero attached hydrogens (tertiary/aromatic N) is 3. The van der Waals surface area contributed by atoms with Crippen LogP contribution in [0.25, 0.3) is 77.7 Å². The summed E-state index contributed by atoms with van der Waals surface area (Å²) in [4.78, 5) is 14.6. The molecule has 2 heterocycles. The van der Waals surface area contributed by atoms with Gasteiger partial charge in [0.25, 0.3) is 0 Å². The van der Waals surface area contributed by atoms with Crippen LogP contribution < -0.4 is 0 Å². The topological polar surface area (TPSA) is 38.7 Å². The molecule has 0 unspecified atom stereocenters. The summed E-state index contributed by atoms with van der Waals surface area (Å²) >= 11 is 0. The summed E-state index contributed by atoms with van der Waals surface area (Å²) in [6.07, 6.45) is 13.1. The molecule has 0 fully saturated rings. The molecule has 0 atom stereocenters. The minimum absolute atomic E-state index is 0.693. The Kier molecular flexibility index (Phi) is 8.61. The van der Waals surface area contributed by atoms with Crippen molar-refractivity contribution in [3.05, 3.63) is 188 Å². The van der Waals surface area contributed by atoms with Gasteiger partial charge < -0.3 is 0 Å². The van der Waals surface area contributed by atoms with E-state index in [0.29, 0.717) is 5.82 Å². The van der Waals surface area contributed by atoms with Crippen molar-refractivity contribution in [2.45, 2.75) is 13.3 Å². The molecular weight excluding hydrogens is 607 g/mol. The van der Waals surface area contributed by atoms with Gasteiger partial charge in [-0.1, -0.05) is 152 Å². The zero-order valence-corrected chi connectivity index (χ0v) is 27.9. The smallest absolute Gasteiger partial charge is 0.160 e. The average Bonchev–Trinajstić information content (AvgIpc) is 3.20. The van der Waals surface area contributed by atoms with E-state index in [2.05, 4.69) is 163 Å². The predicted octanol–water partition coefficient (Wildman–Crippen LogP) is 12.2. The number of benzene rings is 6. The molecule has 238 valence electrons. The summed E-state index contributed by atoms with van der Waals surface area (Å²) in [5.74, 6) is 0.693. The van der Waals surface area contributed by atoms with Gasteiger partial charge in [0.1, 0.15) is 0 Å². The Morgan fingerprint density at radius 1 is 0.480 bits per heavy atom. The Labute approximate surface area is 293 Å². The number of aromatic nitrogens is 3. The van der Waals surface area contributed by atoms with Crippen LogP contribution >= 0.6 is 0 Å². The Morgan fingerprint density at radius 3 is 1.72 bits per heavy atom. The molecule has 3 nitrogen and oxygen atoms in total. The maximum atomic E-state index is 5.19. The van der Waals surface area contributed by atoms with E-state index in [0.717, 1.165) is 51.2 Å². The fourth-order valence-electron chi connectivity index (χ4n) is 6.79. The summed E-state index contributed by atoms with van der Waals surface area (Å²) < 4.78 is 0. The Bertz CT molecular complexity index is 2440. The van der Waals surface area contributed by atoms with Crippen LogP contribution in [0.4, 0.5) is 0 Å².